The number of pyridine rings is 1. The molecule has 2 heterocycles. The number of imidazole rings is 1. The number of phenols is 1. The van der Waals surface area contributed by atoms with Gasteiger partial charge in [0.2, 0.25) is 0 Å². The fourth-order valence-corrected chi connectivity index (χ4v) is 9.27. The quantitative estimate of drug-likeness (QED) is 0.157. The SMILES string of the molecule is [2H]C([2H])([2H])c1cc(-n2c(-c3cc(C(C)C)cc(C(C)C)c3O)nc3c(-c4cc(-c5cc(-c6ccc(C)cc6)ccn5)cc(C(C)(C)C)c4)cccc32)c(-c2ccc(C(C)(C)C)cc2)cc1-c1ccccc1. The summed E-state index contributed by atoms with van der Waals surface area (Å²) in [6.07, 6.45) is 1.89. The van der Waals surface area contributed by atoms with Gasteiger partial charge in [-0.3, -0.25) is 9.55 Å². The van der Waals surface area contributed by atoms with E-state index >= 15 is 0 Å². The van der Waals surface area contributed by atoms with E-state index in [0.717, 1.165) is 77.9 Å². The molecule has 0 radical (unpaired) electrons. The summed E-state index contributed by atoms with van der Waals surface area (Å²) in [6, 6.07) is 52.2. The van der Waals surface area contributed by atoms with Crippen molar-refractivity contribution < 1.29 is 9.22 Å². The Kier molecular flexibility index (Phi) is 11.1. The standard InChI is InChI=1S/C64H65N3O/c1-39(2)47-35-53(40(3)4)61(68)56(36-47)62-66-60-52(48-32-49(34-51(33-48)64(10,11)12)57-37-46(29-30-65-57)43-23-21-41(5)22-24-43)19-16-20-58(60)67(62)59-31-42(6)54(44-17-14-13-15-18-44)38-55(59)45-25-27-50(28-26-45)63(7,8)9/h13-40,68H,1-12H3/i6D3. The molecule has 2 aromatic heterocycles. The Bertz CT molecular complexity index is 3420. The number of hydrogen-bond acceptors (Lipinski definition) is 3. The van der Waals surface area contributed by atoms with Crippen molar-refractivity contribution in [3.8, 4) is 78.6 Å². The van der Waals surface area contributed by atoms with Crippen molar-refractivity contribution in [2.75, 3.05) is 0 Å². The maximum atomic E-state index is 12.5. The highest BCUT2D eigenvalue weighted by molar-refractivity contribution is 5.98. The zero-order chi connectivity index (χ0) is 50.7. The van der Waals surface area contributed by atoms with Crippen LogP contribution in [-0.4, -0.2) is 19.6 Å². The molecule has 0 unspecified atom stereocenters. The van der Waals surface area contributed by atoms with Gasteiger partial charge < -0.3 is 5.11 Å². The molecule has 68 heavy (non-hydrogen) atoms. The number of hydrogen-bond donors (Lipinski definition) is 1. The summed E-state index contributed by atoms with van der Waals surface area (Å²) in [5.41, 5.74) is 17.3. The fourth-order valence-electron chi connectivity index (χ4n) is 9.27. The number of aromatic nitrogens is 3. The summed E-state index contributed by atoms with van der Waals surface area (Å²) in [7, 11) is 0. The molecule has 342 valence electrons. The molecule has 0 aliphatic rings. The van der Waals surface area contributed by atoms with E-state index in [1.807, 2.05) is 48.7 Å². The lowest BCUT2D eigenvalue weighted by atomic mass is 9.83. The highest BCUT2D eigenvalue weighted by Crippen LogP contribution is 2.46. The summed E-state index contributed by atoms with van der Waals surface area (Å²) in [5.74, 6) is 0.848. The van der Waals surface area contributed by atoms with Crippen LogP contribution in [0.25, 0.3) is 83.9 Å². The van der Waals surface area contributed by atoms with Crippen LogP contribution in [0.1, 0.15) is 119 Å². The van der Waals surface area contributed by atoms with Crippen molar-refractivity contribution in [3.05, 3.63) is 191 Å². The molecule has 0 bridgehead atoms. The van der Waals surface area contributed by atoms with Gasteiger partial charge >= 0.3 is 0 Å². The molecule has 0 spiro atoms. The van der Waals surface area contributed by atoms with Crippen LogP contribution in [0, 0.1) is 13.8 Å². The van der Waals surface area contributed by atoms with Gasteiger partial charge in [0.1, 0.15) is 11.6 Å². The van der Waals surface area contributed by atoms with E-state index in [0.29, 0.717) is 22.6 Å². The number of aryl methyl sites for hydroxylation is 2. The van der Waals surface area contributed by atoms with Crippen LogP contribution in [-0.2, 0) is 10.8 Å². The Morgan fingerprint density at radius 2 is 1.22 bits per heavy atom. The van der Waals surface area contributed by atoms with Gasteiger partial charge in [-0.15, -0.1) is 0 Å². The van der Waals surface area contributed by atoms with Crippen molar-refractivity contribution in [2.45, 2.75) is 106 Å². The van der Waals surface area contributed by atoms with Crippen LogP contribution in [0.3, 0.4) is 0 Å². The van der Waals surface area contributed by atoms with Crippen molar-refractivity contribution in [1.82, 2.24) is 14.5 Å². The van der Waals surface area contributed by atoms with Gasteiger partial charge in [0, 0.05) is 27.0 Å². The first-order valence-corrected chi connectivity index (χ1v) is 24.0. The van der Waals surface area contributed by atoms with Crippen LogP contribution in [0.2, 0.25) is 0 Å². The van der Waals surface area contributed by atoms with Gasteiger partial charge in [-0.25, -0.2) is 4.98 Å². The number of nitrogens with zero attached hydrogens (tertiary/aromatic N) is 3. The Morgan fingerprint density at radius 1 is 0.544 bits per heavy atom. The third-order valence-electron chi connectivity index (χ3n) is 13.5. The van der Waals surface area contributed by atoms with E-state index in [-0.39, 0.29) is 34.0 Å². The summed E-state index contributed by atoms with van der Waals surface area (Å²) < 4.78 is 29.3. The molecule has 4 nitrogen and oxygen atoms in total. The molecular formula is C64H65N3O. The summed E-state index contributed by atoms with van der Waals surface area (Å²) in [5, 5.41) is 12.5. The van der Waals surface area contributed by atoms with Gasteiger partial charge in [-0.2, -0.15) is 0 Å². The number of fused-ring (bicyclic) bond motifs is 1. The van der Waals surface area contributed by atoms with Gasteiger partial charge in [0.15, 0.2) is 0 Å². The molecule has 0 fully saturated rings. The highest BCUT2D eigenvalue weighted by Gasteiger charge is 2.27. The molecule has 0 amide bonds. The second-order valence-corrected chi connectivity index (χ2v) is 21.2. The van der Waals surface area contributed by atoms with Crippen molar-refractivity contribution >= 4 is 11.0 Å². The number of aromatic hydroxyl groups is 1. The first kappa shape index (κ1) is 42.3. The van der Waals surface area contributed by atoms with E-state index in [9.17, 15) is 5.11 Å². The Morgan fingerprint density at radius 3 is 1.88 bits per heavy atom. The predicted molar refractivity (Wildman–Crippen MR) is 288 cm³/mol. The lowest BCUT2D eigenvalue weighted by Crippen LogP contribution is -2.11. The number of para-hydroxylation sites is 1. The first-order chi connectivity index (χ1) is 33.6. The third-order valence-corrected chi connectivity index (χ3v) is 13.5. The number of rotatable bonds is 9. The Hall–Kier alpha value is -7.04. The summed E-state index contributed by atoms with van der Waals surface area (Å²) in [6.45, 7) is 21.4. The maximum absolute atomic E-state index is 12.5. The molecule has 9 aromatic rings. The monoisotopic (exact) mass is 895 g/mol. The maximum Gasteiger partial charge on any atom is 0.149 e. The molecule has 0 saturated carbocycles. The van der Waals surface area contributed by atoms with Gasteiger partial charge in [0.05, 0.1) is 28.0 Å². The van der Waals surface area contributed by atoms with Crippen molar-refractivity contribution in [1.29, 1.82) is 0 Å². The summed E-state index contributed by atoms with van der Waals surface area (Å²) in [4.78, 5) is 10.6. The van der Waals surface area contributed by atoms with E-state index in [4.69, 9.17) is 14.1 Å². The van der Waals surface area contributed by atoms with E-state index in [2.05, 4.69) is 190 Å². The van der Waals surface area contributed by atoms with Crippen LogP contribution < -0.4 is 0 Å². The van der Waals surface area contributed by atoms with E-state index in [1.54, 1.807) is 0 Å². The van der Waals surface area contributed by atoms with Crippen molar-refractivity contribution in [2.24, 2.45) is 0 Å². The van der Waals surface area contributed by atoms with E-state index in [1.165, 1.54) is 11.1 Å². The smallest absolute Gasteiger partial charge is 0.149 e. The normalized spacial score (nSPS) is 13.0. The number of benzene rings is 7. The lowest BCUT2D eigenvalue weighted by molar-refractivity contribution is 0.466. The van der Waals surface area contributed by atoms with Gasteiger partial charge in [-0.05, 0) is 146 Å². The second-order valence-electron chi connectivity index (χ2n) is 21.2. The minimum absolute atomic E-state index is 0.0155. The van der Waals surface area contributed by atoms with Crippen LogP contribution in [0.5, 0.6) is 5.75 Å². The zero-order valence-corrected chi connectivity index (χ0v) is 41.5. The fraction of sp³-hybridized carbons (Fsp3) is 0.250. The molecule has 4 heteroatoms. The topological polar surface area (TPSA) is 50.9 Å². The highest BCUT2D eigenvalue weighted by atomic mass is 16.3. The largest absolute Gasteiger partial charge is 0.507 e. The average Bonchev–Trinajstić information content (AvgIpc) is 3.72. The number of phenolic OH excluding ortho intramolecular Hbond substituents is 1. The van der Waals surface area contributed by atoms with Crippen LogP contribution in [0.4, 0.5) is 0 Å². The average molecular weight is 895 g/mol. The van der Waals surface area contributed by atoms with Gasteiger partial charge in [0.25, 0.3) is 0 Å². The Labute approximate surface area is 408 Å². The lowest BCUT2D eigenvalue weighted by Gasteiger charge is -2.22. The molecule has 1 N–H and O–H groups in total. The summed E-state index contributed by atoms with van der Waals surface area (Å²) >= 11 is 0. The predicted octanol–water partition coefficient (Wildman–Crippen LogP) is 17.6. The first-order valence-electron chi connectivity index (χ1n) is 25.5. The molecule has 0 aliphatic heterocycles. The molecule has 0 atom stereocenters. The molecule has 7 aromatic carbocycles. The minimum atomic E-state index is -2.48. The second kappa shape index (κ2) is 17.9. The van der Waals surface area contributed by atoms with Crippen LogP contribution in [0.15, 0.2) is 158 Å². The zero-order valence-electron chi connectivity index (χ0n) is 44.5. The molecular weight excluding hydrogens is 827 g/mol. The van der Waals surface area contributed by atoms with Crippen molar-refractivity contribution in [3.63, 3.8) is 0 Å². The minimum Gasteiger partial charge on any atom is -0.507 e. The Balaban J connectivity index is 1.39. The van der Waals surface area contributed by atoms with Gasteiger partial charge in [-0.1, -0.05) is 178 Å². The molecule has 0 saturated heterocycles. The van der Waals surface area contributed by atoms with E-state index < -0.39 is 6.85 Å². The molecule has 9 rings (SSSR count). The third kappa shape index (κ3) is 8.93. The van der Waals surface area contributed by atoms with Crippen LogP contribution >= 0.6 is 0 Å². The molecule has 0 aliphatic carbocycles.